The third kappa shape index (κ3) is 7.23. The number of hydrogen-bond acceptors (Lipinski definition) is 7. The number of aliphatic hydroxyl groups excluding tert-OH is 1. The van der Waals surface area contributed by atoms with Crippen LogP contribution in [0.25, 0.3) is 11.3 Å². The number of nitrogens with zero attached hydrogens (tertiary/aromatic N) is 3. The number of nitrogens with one attached hydrogen (secondary N) is 2. The molecule has 1 saturated heterocycles. The SMILES string of the molecule is CC(C)C(CO)Nc1nc(CNC(=O)[C@@H]2CCCN2S(=O)(=O)c2ccc(F)cc2)cc(-c2ccc(C(F)(F)F)cc2)n1. The van der Waals surface area contributed by atoms with E-state index in [2.05, 4.69) is 20.6 Å². The minimum absolute atomic E-state index is 0.00659. The molecule has 0 aliphatic carbocycles. The third-order valence-corrected chi connectivity index (χ3v) is 8.90. The van der Waals surface area contributed by atoms with Crippen molar-refractivity contribution < 1.29 is 35.9 Å². The first kappa shape index (κ1) is 31.3. The van der Waals surface area contributed by atoms with Crippen molar-refractivity contribution >= 4 is 21.9 Å². The van der Waals surface area contributed by atoms with E-state index in [0.29, 0.717) is 17.7 Å². The smallest absolute Gasteiger partial charge is 0.394 e. The number of sulfonamides is 1. The molecule has 1 aliphatic heterocycles. The summed E-state index contributed by atoms with van der Waals surface area (Å²) in [7, 11) is -4.05. The lowest BCUT2D eigenvalue weighted by Gasteiger charge is -2.23. The third-order valence-electron chi connectivity index (χ3n) is 6.97. The van der Waals surface area contributed by atoms with Crippen molar-refractivity contribution in [2.24, 2.45) is 5.92 Å². The zero-order chi connectivity index (χ0) is 30.7. The number of aliphatic hydroxyl groups is 1. The maximum absolute atomic E-state index is 13.3. The van der Waals surface area contributed by atoms with Gasteiger partial charge in [-0.2, -0.15) is 17.5 Å². The highest BCUT2D eigenvalue weighted by atomic mass is 32.2. The van der Waals surface area contributed by atoms with E-state index in [4.69, 9.17) is 0 Å². The Morgan fingerprint density at radius 3 is 2.36 bits per heavy atom. The quantitative estimate of drug-likeness (QED) is 0.295. The van der Waals surface area contributed by atoms with Gasteiger partial charge in [0.15, 0.2) is 0 Å². The highest BCUT2D eigenvalue weighted by Gasteiger charge is 2.39. The summed E-state index contributed by atoms with van der Waals surface area (Å²) in [6, 6.07) is 8.90. The number of halogens is 4. The summed E-state index contributed by atoms with van der Waals surface area (Å²) in [5.41, 5.74) is 0.149. The Hall–Kier alpha value is -3.62. The lowest BCUT2D eigenvalue weighted by molar-refractivity contribution is -0.137. The molecule has 3 N–H and O–H groups in total. The number of carbonyl (C=O) groups excluding carboxylic acids is 1. The largest absolute Gasteiger partial charge is 0.416 e. The normalized spacial score (nSPS) is 16.9. The second-order valence-electron chi connectivity index (χ2n) is 10.3. The number of anilines is 1. The first-order valence-electron chi connectivity index (χ1n) is 13.3. The van der Waals surface area contributed by atoms with Gasteiger partial charge in [-0.25, -0.2) is 22.8 Å². The molecule has 226 valence electrons. The Bertz CT molecular complexity index is 1500. The van der Waals surface area contributed by atoms with Crippen LogP contribution < -0.4 is 10.6 Å². The molecule has 14 heteroatoms. The highest BCUT2D eigenvalue weighted by Crippen LogP contribution is 2.31. The Balaban J connectivity index is 1.57. The van der Waals surface area contributed by atoms with E-state index in [1.54, 1.807) is 0 Å². The molecule has 2 atom stereocenters. The second kappa shape index (κ2) is 12.7. The van der Waals surface area contributed by atoms with Gasteiger partial charge in [-0.05, 0) is 61.2 Å². The fraction of sp³-hybridized carbons (Fsp3) is 0.393. The van der Waals surface area contributed by atoms with Gasteiger partial charge in [0.1, 0.15) is 11.9 Å². The minimum atomic E-state index is -4.50. The van der Waals surface area contributed by atoms with Crippen LogP contribution in [-0.2, 0) is 27.5 Å². The summed E-state index contributed by atoms with van der Waals surface area (Å²) in [5, 5.41) is 15.5. The van der Waals surface area contributed by atoms with Crippen LogP contribution in [0.2, 0.25) is 0 Å². The number of aromatic nitrogens is 2. The average Bonchev–Trinajstić information content (AvgIpc) is 3.46. The van der Waals surface area contributed by atoms with Crippen LogP contribution in [0.5, 0.6) is 0 Å². The predicted molar refractivity (Wildman–Crippen MR) is 147 cm³/mol. The lowest BCUT2D eigenvalue weighted by Crippen LogP contribution is -2.45. The number of rotatable bonds is 10. The Morgan fingerprint density at radius 2 is 1.76 bits per heavy atom. The molecule has 0 spiro atoms. The van der Waals surface area contributed by atoms with Crippen molar-refractivity contribution in [3.05, 3.63) is 71.7 Å². The molecule has 0 saturated carbocycles. The van der Waals surface area contributed by atoms with Crippen LogP contribution in [-0.4, -0.2) is 58.9 Å². The molecule has 3 aromatic rings. The molecular formula is C28H31F4N5O4S. The lowest BCUT2D eigenvalue weighted by atomic mass is 10.1. The summed E-state index contributed by atoms with van der Waals surface area (Å²) >= 11 is 0. The molecule has 2 aromatic carbocycles. The van der Waals surface area contributed by atoms with E-state index in [1.807, 2.05) is 13.8 Å². The minimum Gasteiger partial charge on any atom is -0.394 e. The number of hydrogen-bond donors (Lipinski definition) is 3. The van der Waals surface area contributed by atoms with Crippen molar-refractivity contribution in [2.75, 3.05) is 18.5 Å². The van der Waals surface area contributed by atoms with Crippen LogP contribution in [0.4, 0.5) is 23.5 Å². The zero-order valence-corrected chi connectivity index (χ0v) is 23.7. The molecule has 1 aromatic heterocycles. The number of alkyl halides is 3. The molecule has 4 rings (SSSR count). The number of amides is 1. The van der Waals surface area contributed by atoms with Crippen LogP contribution in [0, 0.1) is 11.7 Å². The second-order valence-corrected chi connectivity index (χ2v) is 12.2. The van der Waals surface area contributed by atoms with Crippen molar-refractivity contribution in [1.82, 2.24) is 19.6 Å². The van der Waals surface area contributed by atoms with Crippen molar-refractivity contribution in [3.63, 3.8) is 0 Å². The van der Waals surface area contributed by atoms with E-state index in [1.165, 1.54) is 18.2 Å². The van der Waals surface area contributed by atoms with Gasteiger partial charge in [-0.1, -0.05) is 26.0 Å². The molecule has 2 heterocycles. The molecule has 1 unspecified atom stereocenters. The first-order chi connectivity index (χ1) is 19.8. The average molecular weight is 610 g/mol. The summed E-state index contributed by atoms with van der Waals surface area (Å²) in [6.45, 7) is 3.52. The highest BCUT2D eigenvalue weighted by molar-refractivity contribution is 7.89. The van der Waals surface area contributed by atoms with Crippen LogP contribution in [0.15, 0.2) is 59.5 Å². The van der Waals surface area contributed by atoms with E-state index in [9.17, 15) is 35.9 Å². The maximum Gasteiger partial charge on any atom is 0.416 e. The van der Waals surface area contributed by atoms with E-state index in [-0.39, 0.29) is 48.6 Å². The monoisotopic (exact) mass is 609 g/mol. The molecule has 1 amide bonds. The van der Waals surface area contributed by atoms with Gasteiger partial charge in [-0.15, -0.1) is 0 Å². The van der Waals surface area contributed by atoms with E-state index < -0.39 is 45.6 Å². The zero-order valence-electron chi connectivity index (χ0n) is 22.9. The topological polar surface area (TPSA) is 125 Å². The molecule has 1 aliphatic rings. The van der Waals surface area contributed by atoms with Crippen LogP contribution in [0.1, 0.15) is 37.9 Å². The van der Waals surface area contributed by atoms with Crippen molar-refractivity contribution in [3.8, 4) is 11.3 Å². The maximum atomic E-state index is 13.3. The molecule has 0 bridgehead atoms. The van der Waals surface area contributed by atoms with Gasteiger partial charge in [0.25, 0.3) is 0 Å². The molecular weight excluding hydrogens is 578 g/mol. The summed E-state index contributed by atoms with van der Waals surface area (Å²) < 4.78 is 79.9. The van der Waals surface area contributed by atoms with Gasteiger partial charge >= 0.3 is 6.18 Å². The molecule has 9 nitrogen and oxygen atoms in total. The summed E-state index contributed by atoms with van der Waals surface area (Å²) in [5.74, 6) is -1.05. The van der Waals surface area contributed by atoms with E-state index in [0.717, 1.165) is 40.7 Å². The molecule has 1 fully saturated rings. The number of benzene rings is 2. The summed E-state index contributed by atoms with van der Waals surface area (Å²) in [6.07, 6.45) is -3.77. The van der Waals surface area contributed by atoms with Gasteiger partial charge in [-0.3, -0.25) is 4.79 Å². The van der Waals surface area contributed by atoms with Gasteiger partial charge in [0.05, 0.1) is 41.0 Å². The Morgan fingerprint density at radius 1 is 1.10 bits per heavy atom. The molecule has 42 heavy (non-hydrogen) atoms. The van der Waals surface area contributed by atoms with Crippen LogP contribution >= 0.6 is 0 Å². The Labute approximate surface area is 241 Å². The standard InChI is InChI=1S/C28H31F4N5O4S/c1-17(2)24(16-38)36-27-34-21(14-23(35-27)18-5-7-19(8-6-18)28(30,31)32)15-33-26(39)25-4-3-13-37(25)42(40,41)22-11-9-20(29)10-12-22/h5-12,14,17,24-25,38H,3-4,13,15-16H2,1-2H3,(H,33,39)(H,34,35,36)/t24?,25-/m0/s1. The van der Waals surface area contributed by atoms with Crippen molar-refractivity contribution in [1.29, 1.82) is 0 Å². The Kier molecular flexibility index (Phi) is 9.48. The van der Waals surface area contributed by atoms with Crippen LogP contribution in [0.3, 0.4) is 0 Å². The van der Waals surface area contributed by atoms with Gasteiger partial charge in [0.2, 0.25) is 21.9 Å². The van der Waals surface area contributed by atoms with E-state index >= 15 is 0 Å². The predicted octanol–water partition coefficient (Wildman–Crippen LogP) is 4.20. The summed E-state index contributed by atoms with van der Waals surface area (Å²) in [4.78, 5) is 21.9. The number of carbonyl (C=O) groups is 1. The first-order valence-corrected chi connectivity index (χ1v) is 14.7. The fourth-order valence-electron chi connectivity index (χ4n) is 4.55. The molecule has 0 radical (unpaired) electrons. The van der Waals surface area contributed by atoms with Crippen molar-refractivity contribution in [2.45, 2.75) is 56.4 Å². The fourth-order valence-corrected chi connectivity index (χ4v) is 6.20. The van der Waals surface area contributed by atoms with Gasteiger partial charge < -0.3 is 15.7 Å². The van der Waals surface area contributed by atoms with Gasteiger partial charge in [0, 0.05) is 12.1 Å².